The summed E-state index contributed by atoms with van der Waals surface area (Å²) < 4.78 is 16.1. The van der Waals surface area contributed by atoms with Crippen LogP contribution in [0.3, 0.4) is 0 Å². The molecule has 4 rings (SSSR count). The molecule has 0 amide bonds. The Hall–Kier alpha value is -3.45. The van der Waals surface area contributed by atoms with E-state index < -0.39 is 11.9 Å². The van der Waals surface area contributed by atoms with Gasteiger partial charge in [-0.15, -0.1) is 0 Å². The van der Waals surface area contributed by atoms with Crippen molar-refractivity contribution in [3.05, 3.63) is 75.1 Å². The molecule has 1 aliphatic carbocycles. The molecule has 0 bridgehead atoms. The van der Waals surface area contributed by atoms with Crippen molar-refractivity contribution in [2.24, 2.45) is 0 Å². The van der Waals surface area contributed by atoms with Crippen LogP contribution in [0, 0.1) is 0 Å². The molecule has 7 nitrogen and oxygen atoms in total. The van der Waals surface area contributed by atoms with Gasteiger partial charge in [0.1, 0.15) is 5.75 Å². The highest BCUT2D eigenvalue weighted by Crippen LogP contribution is 2.48. The van der Waals surface area contributed by atoms with E-state index in [1.165, 1.54) is 7.11 Å². The Morgan fingerprint density at radius 2 is 1.78 bits per heavy atom. The van der Waals surface area contributed by atoms with Crippen LogP contribution in [0.15, 0.2) is 58.9 Å². The Labute approximate surface area is 215 Å². The average molecular weight is 512 g/mol. The van der Waals surface area contributed by atoms with Gasteiger partial charge in [0, 0.05) is 29.3 Å². The van der Waals surface area contributed by atoms with Gasteiger partial charge in [-0.05, 0) is 68.5 Å². The van der Waals surface area contributed by atoms with E-state index in [1.807, 2.05) is 24.3 Å². The number of carbonyl (C=O) groups is 2. The monoisotopic (exact) mass is 511 g/mol. The highest BCUT2D eigenvalue weighted by Gasteiger charge is 2.42. The van der Waals surface area contributed by atoms with E-state index in [2.05, 4.69) is 5.32 Å². The number of aromatic hydroxyl groups is 1. The lowest BCUT2D eigenvalue weighted by atomic mass is 9.71. The van der Waals surface area contributed by atoms with Crippen LogP contribution < -0.4 is 14.8 Å². The molecule has 0 unspecified atom stereocenters. The molecular formula is C28H30ClNO6. The first-order valence-electron chi connectivity index (χ1n) is 11.8. The van der Waals surface area contributed by atoms with Crippen molar-refractivity contribution in [3.8, 4) is 17.2 Å². The zero-order valence-corrected chi connectivity index (χ0v) is 21.7. The van der Waals surface area contributed by atoms with Crippen LogP contribution in [-0.4, -0.2) is 37.2 Å². The van der Waals surface area contributed by atoms with E-state index >= 15 is 0 Å². The van der Waals surface area contributed by atoms with E-state index in [4.69, 9.17) is 25.8 Å². The highest BCUT2D eigenvalue weighted by molar-refractivity contribution is 6.32. The van der Waals surface area contributed by atoms with Crippen molar-refractivity contribution < 1.29 is 28.9 Å². The van der Waals surface area contributed by atoms with E-state index in [0.717, 1.165) is 17.0 Å². The summed E-state index contributed by atoms with van der Waals surface area (Å²) in [5.74, 6) is -0.616. The Balaban J connectivity index is 1.83. The molecule has 2 atom stereocenters. The Bertz CT molecular complexity index is 1260. The van der Waals surface area contributed by atoms with Crippen molar-refractivity contribution in [3.63, 3.8) is 0 Å². The number of hydrogen-bond acceptors (Lipinski definition) is 7. The largest absolute Gasteiger partial charge is 0.503 e. The van der Waals surface area contributed by atoms with Gasteiger partial charge >= 0.3 is 5.97 Å². The molecule has 8 heteroatoms. The summed E-state index contributed by atoms with van der Waals surface area (Å²) in [6.45, 7) is 5.35. The summed E-state index contributed by atoms with van der Waals surface area (Å²) >= 11 is 6.32. The van der Waals surface area contributed by atoms with Crippen LogP contribution in [0.4, 0.5) is 0 Å². The summed E-state index contributed by atoms with van der Waals surface area (Å²) in [5.41, 5.74) is 3.81. The summed E-state index contributed by atoms with van der Waals surface area (Å²) in [6, 6.07) is 10.9. The van der Waals surface area contributed by atoms with Crippen LogP contribution in [0.5, 0.6) is 17.2 Å². The number of methoxy groups -OCH3 is 2. The minimum absolute atomic E-state index is 0.0230. The Morgan fingerprint density at radius 3 is 2.39 bits per heavy atom. The minimum atomic E-state index is -0.719. The number of esters is 1. The van der Waals surface area contributed by atoms with Crippen LogP contribution in [0.2, 0.25) is 5.02 Å². The van der Waals surface area contributed by atoms with Gasteiger partial charge in [0.05, 0.1) is 30.9 Å². The molecular weight excluding hydrogens is 482 g/mol. The lowest BCUT2D eigenvalue weighted by molar-refractivity contribution is -0.143. The van der Waals surface area contributed by atoms with Gasteiger partial charge in [-0.1, -0.05) is 23.7 Å². The first-order chi connectivity index (χ1) is 17.1. The number of ketones is 1. The molecule has 0 spiro atoms. The maximum absolute atomic E-state index is 13.7. The molecule has 0 radical (unpaired) electrons. The molecule has 2 aromatic rings. The Kier molecular flexibility index (Phi) is 7.31. The van der Waals surface area contributed by atoms with Gasteiger partial charge < -0.3 is 24.6 Å². The molecule has 190 valence electrons. The first-order valence-corrected chi connectivity index (χ1v) is 12.2. The number of dihydropyridines is 1. The molecule has 1 heterocycles. The third kappa shape index (κ3) is 4.80. The van der Waals surface area contributed by atoms with E-state index in [-0.39, 0.29) is 40.7 Å². The number of benzene rings is 2. The fourth-order valence-corrected chi connectivity index (χ4v) is 5.17. The Morgan fingerprint density at radius 1 is 1.08 bits per heavy atom. The number of halogens is 1. The maximum atomic E-state index is 13.7. The van der Waals surface area contributed by atoms with E-state index in [0.29, 0.717) is 28.8 Å². The second-order valence-corrected chi connectivity index (χ2v) is 9.71. The lowest BCUT2D eigenvalue weighted by Crippen LogP contribution is -2.36. The number of phenolic OH excluding ortho intramolecular Hbond substituents is 1. The number of hydrogen-bond donors (Lipinski definition) is 2. The molecule has 2 aliphatic rings. The lowest BCUT2D eigenvalue weighted by Gasteiger charge is -2.37. The summed E-state index contributed by atoms with van der Waals surface area (Å²) in [4.78, 5) is 27.0. The predicted molar refractivity (Wildman–Crippen MR) is 136 cm³/mol. The molecule has 0 saturated carbocycles. The number of ether oxygens (including phenoxy) is 3. The number of phenols is 1. The van der Waals surface area contributed by atoms with Crippen LogP contribution >= 0.6 is 11.6 Å². The molecule has 1 aliphatic heterocycles. The minimum Gasteiger partial charge on any atom is -0.503 e. The molecule has 0 aromatic heterocycles. The number of nitrogens with one attached hydrogen (secondary N) is 1. The molecule has 2 aromatic carbocycles. The van der Waals surface area contributed by atoms with Gasteiger partial charge in [0.15, 0.2) is 17.3 Å². The van der Waals surface area contributed by atoms with Crippen molar-refractivity contribution in [2.45, 2.75) is 51.6 Å². The first kappa shape index (κ1) is 25.6. The van der Waals surface area contributed by atoms with E-state index in [9.17, 15) is 14.7 Å². The average Bonchev–Trinajstić information content (AvgIpc) is 2.84. The fraction of sp³-hybridized carbons (Fsp3) is 0.357. The van der Waals surface area contributed by atoms with Gasteiger partial charge in [0.2, 0.25) is 0 Å². The summed E-state index contributed by atoms with van der Waals surface area (Å²) in [6.07, 6.45) is 0.544. The zero-order valence-electron chi connectivity index (χ0n) is 21.0. The predicted octanol–water partition coefficient (Wildman–Crippen LogP) is 5.38. The van der Waals surface area contributed by atoms with Crippen LogP contribution in [0.25, 0.3) is 0 Å². The van der Waals surface area contributed by atoms with Crippen molar-refractivity contribution in [1.29, 1.82) is 0 Å². The van der Waals surface area contributed by atoms with Gasteiger partial charge in [-0.3, -0.25) is 4.79 Å². The SMILES string of the molecule is COc1ccc([C@@H]2CC(=O)C3=C(C2)NC(C)=C(C(=O)OC(C)C)[C@H]3c2cc(Cl)c(O)c(OC)c2)cc1. The van der Waals surface area contributed by atoms with Crippen molar-refractivity contribution in [1.82, 2.24) is 5.32 Å². The van der Waals surface area contributed by atoms with Gasteiger partial charge in [-0.25, -0.2) is 4.79 Å². The van der Waals surface area contributed by atoms with Crippen LogP contribution in [-0.2, 0) is 14.3 Å². The quantitative estimate of drug-likeness (QED) is 0.503. The fourth-order valence-electron chi connectivity index (χ4n) is 4.95. The number of rotatable bonds is 6. The third-order valence-corrected chi connectivity index (χ3v) is 6.87. The highest BCUT2D eigenvalue weighted by atomic mass is 35.5. The number of carbonyl (C=O) groups excluding carboxylic acids is 2. The third-order valence-electron chi connectivity index (χ3n) is 6.58. The second-order valence-electron chi connectivity index (χ2n) is 9.30. The zero-order chi connectivity index (χ0) is 26.1. The molecule has 0 saturated heterocycles. The topological polar surface area (TPSA) is 94.1 Å². The van der Waals surface area contributed by atoms with Crippen LogP contribution in [0.1, 0.15) is 56.6 Å². The van der Waals surface area contributed by atoms with Gasteiger partial charge in [-0.2, -0.15) is 0 Å². The smallest absolute Gasteiger partial charge is 0.337 e. The van der Waals surface area contributed by atoms with Gasteiger partial charge in [0.25, 0.3) is 0 Å². The molecule has 2 N–H and O–H groups in total. The van der Waals surface area contributed by atoms with Crippen molar-refractivity contribution >= 4 is 23.4 Å². The molecule has 36 heavy (non-hydrogen) atoms. The molecule has 0 fully saturated rings. The maximum Gasteiger partial charge on any atom is 0.337 e. The summed E-state index contributed by atoms with van der Waals surface area (Å²) in [7, 11) is 3.03. The standard InChI is InChI=1S/C28H30ClNO6/c1-14(2)36-28(33)24-15(3)30-21-11-17(16-6-8-19(34-4)9-7-16)12-22(31)26(21)25(24)18-10-20(29)27(32)23(13-18)35-5/h6-10,13-14,17,25,30,32H,11-12H2,1-5H3/t17-,25+/m0/s1. The van der Waals surface area contributed by atoms with Crippen molar-refractivity contribution in [2.75, 3.05) is 14.2 Å². The normalized spacial score (nSPS) is 19.7. The summed E-state index contributed by atoms with van der Waals surface area (Å²) in [5, 5.41) is 13.7. The number of Topliss-reactive ketones (excluding diaryl/α,β-unsaturated/α-hetero) is 1. The number of allylic oxidation sites excluding steroid dienone is 3. The second kappa shape index (κ2) is 10.3. The van der Waals surface area contributed by atoms with E-state index in [1.54, 1.807) is 40.0 Å².